The van der Waals surface area contributed by atoms with Crippen LogP contribution in [0.15, 0.2) is 35.1 Å². The molecule has 1 N–H and O–H groups in total. The van der Waals surface area contributed by atoms with Gasteiger partial charge in [0.1, 0.15) is 5.56 Å². The van der Waals surface area contributed by atoms with Gasteiger partial charge in [0.05, 0.1) is 5.69 Å². The fourth-order valence-electron chi connectivity index (χ4n) is 2.32. The molecule has 108 valence electrons. The van der Waals surface area contributed by atoms with Crippen LogP contribution in [0.1, 0.15) is 38.9 Å². The van der Waals surface area contributed by atoms with E-state index in [0.717, 1.165) is 11.6 Å². The van der Waals surface area contributed by atoms with Crippen LogP contribution in [-0.2, 0) is 0 Å². The third-order valence-electron chi connectivity index (χ3n) is 3.41. The molecule has 0 saturated heterocycles. The molecule has 0 aliphatic rings. The maximum Gasteiger partial charge on any atom is 0.341 e. The average molecular weight is 285 g/mol. The predicted octanol–water partition coefficient (Wildman–Crippen LogP) is 2.36. The second-order valence-electron chi connectivity index (χ2n) is 4.85. The Balaban J connectivity index is 2.94. The third kappa shape index (κ3) is 2.50. The molecule has 1 aromatic carbocycles. The molecule has 5 heteroatoms. The van der Waals surface area contributed by atoms with Crippen molar-refractivity contribution in [3.8, 4) is 5.69 Å². The van der Waals surface area contributed by atoms with E-state index in [9.17, 15) is 19.5 Å². The highest BCUT2D eigenvalue weighted by Gasteiger charge is 2.20. The molecule has 0 atom stereocenters. The Kier molecular flexibility index (Phi) is 3.76. The standard InChI is InChI=1S/C16H15NO4/c1-9-6-4-5-7-14(9)17-10(2)12(11(3)18)8-13(15(17)19)16(20)21/h4-8H,1-3H3,(H,20,21). The van der Waals surface area contributed by atoms with Crippen molar-refractivity contribution in [3.05, 3.63) is 63.1 Å². The fraction of sp³-hybridized carbons (Fsp3) is 0.188. The molecule has 0 bridgehead atoms. The van der Waals surface area contributed by atoms with Gasteiger partial charge in [0, 0.05) is 11.3 Å². The lowest BCUT2D eigenvalue weighted by molar-refractivity contribution is 0.0694. The maximum absolute atomic E-state index is 12.4. The summed E-state index contributed by atoms with van der Waals surface area (Å²) < 4.78 is 1.29. The van der Waals surface area contributed by atoms with Gasteiger partial charge in [-0.05, 0) is 38.5 Å². The highest BCUT2D eigenvalue weighted by molar-refractivity contribution is 5.98. The number of hydrogen-bond donors (Lipinski definition) is 1. The molecule has 1 heterocycles. The van der Waals surface area contributed by atoms with Gasteiger partial charge >= 0.3 is 5.97 Å². The summed E-state index contributed by atoms with van der Waals surface area (Å²) in [5.41, 5.74) is 1.01. The zero-order chi connectivity index (χ0) is 15.7. The van der Waals surface area contributed by atoms with E-state index in [-0.39, 0.29) is 11.3 Å². The van der Waals surface area contributed by atoms with Crippen molar-refractivity contribution in [2.24, 2.45) is 0 Å². The van der Waals surface area contributed by atoms with Gasteiger partial charge < -0.3 is 5.11 Å². The van der Waals surface area contributed by atoms with Crippen molar-refractivity contribution in [1.82, 2.24) is 4.57 Å². The number of para-hydroxylation sites is 1. The lowest BCUT2D eigenvalue weighted by atomic mass is 10.1. The molecule has 0 spiro atoms. The number of rotatable bonds is 3. The van der Waals surface area contributed by atoms with Crippen LogP contribution in [0.5, 0.6) is 0 Å². The summed E-state index contributed by atoms with van der Waals surface area (Å²) in [4.78, 5) is 35.4. The largest absolute Gasteiger partial charge is 0.477 e. The molecular weight excluding hydrogens is 270 g/mol. The molecule has 1 aromatic heterocycles. The lowest BCUT2D eigenvalue weighted by Crippen LogP contribution is -2.29. The molecule has 0 radical (unpaired) electrons. The van der Waals surface area contributed by atoms with Crippen molar-refractivity contribution < 1.29 is 14.7 Å². The minimum absolute atomic E-state index is 0.232. The van der Waals surface area contributed by atoms with Crippen LogP contribution in [-0.4, -0.2) is 21.4 Å². The summed E-state index contributed by atoms with van der Waals surface area (Å²) in [5, 5.41) is 9.18. The monoisotopic (exact) mass is 285 g/mol. The normalized spacial score (nSPS) is 10.4. The SMILES string of the molecule is CC(=O)c1cc(C(=O)O)c(=O)n(-c2ccccc2C)c1C. The number of benzene rings is 1. The molecule has 0 unspecified atom stereocenters. The molecule has 2 rings (SSSR count). The van der Waals surface area contributed by atoms with Crippen molar-refractivity contribution in [3.63, 3.8) is 0 Å². The summed E-state index contributed by atoms with van der Waals surface area (Å²) in [5.74, 6) is -1.62. The molecule has 0 amide bonds. The Morgan fingerprint density at radius 1 is 1.10 bits per heavy atom. The Labute approximate surface area is 121 Å². The molecule has 0 aliphatic carbocycles. The molecule has 0 fully saturated rings. The van der Waals surface area contributed by atoms with E-state index in [4.69, 9.17) is 0 Å². The zero-order valence-electron chi connectivity index (χ0n) is 12.0. The Morgan fingerprint density at radius 2 is 1.71 bits per heavy atom. The zero-order valence-corrected chi connectivity index (χ0v) is 12.0. The van der Waals surface area contributed by atoms with E-state index in [1.165, 1.54) is 11.5 Å². The van der Waals surface area contributed by atoms with E-state index < -0.39 is 17.1 Å². The number of hydrogen-bond acceptors (Lipinski definition) is 3. The molecule has 21 heavy (non-hydrogen) atoms. The van der Waals surface area contributed by atoms with Crippen molar-refractivity contribution in [2.75, 3.05) is 0 Å². The number of nitrogens with zero attached hydrogens (tertiary/aromatic N) is 1. The Bertz CT molecular complexity index is 802. The number of carbonyl (C=O) groups excluding carboxylic acids is 1. The van der Waals surface area contributed by atoms with Gasteiger partial charge in [-0.1, -0.05) is 18.2 Å². The highest BCUT2D eigenvalue weighted by Crippen LogP contribution is 2.17. The lowest BCUT2D eigenvalue weighted by Gasteiger charge is -2.16. The van der Waals surface area contributed by atoms with Crippen molar-refractivity contribution in [1.29, 1.82) is 0 Å². The molecule has 5 nitrogen and oxygen atoms in total. The topological polar surface area (TPSA) is 76.4 Å². The van der Waals surface area contributed by atoms with Crippen LogP contribution in [0.25, 0.3) is 5.69 Å². The molecule has 0 saturated carbocycles. The van der Waals surface area contributed by atoms with Gasteiger partial charge in [0.25, 0.3) is 5.56 Å². The second-order valence-corrected chi connectivity index (χ2v) is 4.85. The number of carboxylic acid groups (broad SMARTS) is 1. The van der Waals surface area contributed by atoms with E-state index >= 15 is 0 Å². The Morgan fingerprint density at radius 3 is 2.24 bits per heavy atom. The van der Waals surface area contributed by atoms with Crippen LogP contribution < -0.4 is 5.56 Å². The summed E-state index contributed by atoms with van der Waals surface area (Å²) in [6.45, 7) is 4.80. The average Bonchev–Trinajstić information content (AvgIpc) is 2.40. The first-order chi connectivity index (χ1) is 9.84. The number of ketones is 1. The van der Waals surface area contributed by atoms with Crippen LogP contribution in [0, 0.1) is 13.8 Å². The number of carbonyl (C=O) groups is 2. The van der Waals surface area contributed by atoms with E-state index in [1.807, 2.05) is 19.1 Å². The van der Waals surface area contributed by atoms with Crippen LogP contribution in [0.2, 0.25) is 0 Å². The van der Waals surface area contributed by atoms with Crippen molar-refractivity contribution >= 4 is 11.8 Å². The number of Topliss-reactive ketones (excluding diaryl/α,β-unsaturated/α-hetero) is 1. The van der Waals surface area contributed by atoms with E-state index in [1.54, 1.807) is 19.1 Å². The van der Waals surface area contributed by atoms with Gasteiger partial charge in [-0.2, -0.15) is 0 Å². The summed E-state index contributed by atoms with van der Waals surface area (Å²) in [6.07, 6.45) is 0. The quantitative estimate of drug-likeness (QED) is 0.878. The number of carboxylic acids is 1. The first-order valence-electron chi connectivity index (χ1n) is 6.41. The smallest absolute Gasteiger partial charge is 0.341 e. The van der Waals surface area contributed by atoms with Crippen LogP contribution in [0.3, 0.4) is 0 Å². The minimum atomic E-state index is -1.34. The first kappa shape index (κ1) is 14.7. The van der Waals surface area contributed by atoms with Crippen LogP contribution >= 0.6 is 0 Å². The number of aryl methyl sites for hydroxylation is 1. The summed E-state index contributed by atoms with van der Waals surface area (Å²) >= 11 is 0. The van der Waals surface area contributed by atoms with Gasteiger partial charge in [-0.3, -0.25) is 14.2 Å². The van der Waals surface area contributed by atoms with E-state index in [0.29, 0.717) is 11.4 Å². The number of aromatic nitrogens is 1. The van der Waals surface area contributed by atoms with Gasteiger partial charge in [0.15, 0.2) is 5.78 Å². The fourth-order valence-corrected chi connectivity index (χ4v) is 2.32. The second kappa shape index (κ2) is 5.36. The third-order valence-corrected chi connectivity index (χ3v) is 3.41. The predicted molar refractivity (Wildman–Crippen MR) is 78.5 cm³/mol. The minimum Gasteiger partial charge on any atom is -0.477 e. The first-order valence-corrected chi connectivity index (χ1v) is 6.41. The summed E-state index contributed by atoms with van der Waals surface area (Å²) in [6, 6.07) is 8.28. The van der Waals surface area contributed by atoms with Gasteiger partial charge in [-0.15, -0.1) is 0 Å². The maximum atomic E-state index is 12.4. The van der Waals surface area contributed by atoms with Crippen molar-refractivity contribution in [2.45, 2.75) is 20.8 Å². The van der Waals surface area contributed by atoms with Gasteiger partial charge in [-0.25, -0.2) is 4.79 Å². The Hall–Kier alpha value is -2.69. The van der Waals surface area contributed by atoms with E-state index in [2.05, 4.69) is 0 Å². The highest BCUT2D eigenvalue weighted by atomic mass is 16.4. The number of pyridine rings is 1. The molecule has 0 aliphatic heterocycles. The molecule has 2 aromatic rings. The summed E-state index contributed by atoms with van der Waals surface area (Å²) in [7, 11) is 0. The van der Waals surface area contributed by atoms with Gasteiger partial charge in [0.2, 0.25) is 0 Å². The number of aromatic carboxylic acids is 1. The van der Waals surface area contributed by atoms with Crippen LogP contribution in [0.4, 0.5) is 0 Å². The molecular formula is C16H15NO4.